The molecule has 3 unspecified atom stereocenters. The molecule has 2 rings (SSSR count). The Morgan fingerprint density at radius 1 is 1.16 bits per heavy atom. The quantitative estimate of drug-likeness (QED) is 0.830. The van der Waals surface area contributed by atoms with Crippen molar-refractivity contribution < 1.29 is 4.74 Å². The van der Waals surface area contributed by atoms with Crippen LogP contribution in [0.4, 0.5) is 0 Å². The standard InChI is InChI=1S/C16H32N2O/c1-5-13-7-6-10-18(13)12-15-9-8-14(19-15)11-17-16(2,3)4/h13-15,17H,5-12H2,1-4H3. The smallest absolute Gasteiger partial charge is 0.0707 e. The molecule has 3 nitrogen and oxygen atoms in total. The second-order valence-corrected chi connectivity index (χ2v) is 7.29. The summed E-state index contributed by atoms with van der Waals surface area (Å²) in [5, 5.41) is 3.56. The molecule has 0 spiro atoms. The second-order valence-electron chi connectivity index (χ2n) is 7.29. The van der Waals surface area contributed by atoms with E-state index in [1.54, 1.807) is 0 Å². The van der Waals surface area contributed by atoms with Gasteiger partial charge in [-0.1, -0.05) is 6.92 Å². The predicted octanol–water partition coefficient (Wildman–Crippen LogP) is 2.80. The molecule has 2 heterocycles. The van der Waals surface area contributed by atoms with Crippen LogP contribution in [0.2, 0.25) is 0 Å². The third-order valence-electron chi connectivity index (χ3n) is 4.46. The van der Waals surface area contributed by atoms with Gasteiger partial charge in [-0.25, -0.2) is 0 Å². The summed E-state index contributed by atoms with van der Waals surface area (Å²) in [6.07, 6.45) is 7.41. The molecule has 1 N–H and O–H groups in total. The summed E-state index contributed by atoms with van der Waals surface area (Å²) in [6.45, 7) is 12.4. The fourth-order valence-corrected chi connectivity index (χ4v) is 3.34. The highest BCUT2D eigenvalue weighted by Crippen LogP contribution is 2.25. The molecular formula is C16H32N2O. The number of nitrogens with one attached hydrogen (secondary N) is 1. The van der Waals surface area contributed by atoms with Crippen LogP contribution in [0.5, 0.6) is 0 Å². The lowest BCUT2D eigenvalue weighted by atomic mass is 10.1. The number of hydrogen-bond donors (Lipinski definition) is 1. The van der Waals surface area contributed by atoms with E-state index in [0.717, 1.165) is 19.1 Å². The fraction of sp³-hybridized carbons (Fsp3) is 1.00. The predicted molar refractivity (Wildman–Crippen MR) is 80.5 cm³/mol. The zero-order chi connectivity index (χ0) is 13.9. The normalized spacial score (nSPS) is 33.2. The van der Waals surface area contributed by atoms with E-state index in [1.165, 1.54) is 38.6 Å². The zero-order valence-corrected chi connectivity index (χ0v) is 13.2. The highest BCUT2D eigenvalue weighted by Gasteiger charge is 2.31. The van der Waals surface area contributed by atoms with Crippen LogP contribution in [0.25, 0.3) is 0 Å². The van der Waals surface area contributed by atoms with Crippen LogP contribution < -0.4 is 5.32 Å². The molecule has 2 aliphatic rings. The summed E-state index contributed by atoms with van der Waals surface area (Å²) in [6, 6.07) is 0.815. The van der Waals surface area contributed by atoms with Crippen LogP contribution in [0.15, 0.2) is 0 Å². The number of nitrogens with zero attached hydrogens (tertiary/aromatic N) is 1. The van der Waals surface area contributed by atoms with Gasteiger partial charge in [-0.3, -0.25) is 4.90 Å². The Bertz CT molecular complexity index is 274. The minimum atomic E-state index is 0.198. The summed E-state index contributed by atoms with van der Waals surface area (Å²) in [5.41, 5.74) is 0.198. The fourth-order valence-electron chi connectivity index (χ4n) is 3.34. The van der Waals surface area contributed by atoms with Gasteiger partial charge in [-0.05, 0) is 59.4 Å². The lowest BCUT2D eigenvalue weighted by Gasteiger charge is -2.27. The highest BCUT2D eigenvalue weighted by atomic mass is 16.5. The molecule has 0 aromatic heterocycles. The summed E-state index contributed by atoms with van der Waals surface area (Å²) < 4.78 is 6.21. The molecule has 0 amide bonds. The molecule has 0 aromatic carbocycles. The minimum absolute atomic E-state index is 0.198. The van der Waals surface area contributed by atoms with Gasteiger partial charge in [0, 0.05) is 24.7 Å². The summed E-state index contributed by atoms with van der Waals surface area (Å²) in [4.78, 5) is 2.66. The van der Waals surface area contributed by atoms with Gasteiger partial charge in [-0.2, -0.15) is 0 Å². The minimum Gasteiger partial charge on any atom is -0.372 e. The van der Waals surface area contributed by atoms with Crippen LogP contribution >= 0.6 is 0 Å². The van der Waals surface area contributed by atoms with Gasteiger partial charge in [0.05, 0.1) is 12.2 Å². The van der Waals surface area contributed by atoms with Gasteiger partial charge in [0.15, 0.2) is 0 Å². The molecule has 0 aromatic rings. The van der Waals surface area contributed by atoms with Crippen molar-refractivity contribution in [3.8, 4) is 0 Å². The maximum absolute atomic E-state index is 6.21. The average molecular weight is 268 g/mol. The van der Waals surface area contributed by atoms with Crippen molar-refractivity contribution in [2.75, 3.05) is 19.6 Å². The summed E-state index contributed by atoms with van der Waals surface area (Å²) >= 11 is 0. The number of hydrogen-bond acceptors (Lipinski definition) is 3. The molecule has 0 aliphatic carbocycles. The van der Waals surface area contributed by atoms with Gasteiger partial charge >= 0.3 is 0 Å². The van der Waals surface area contributed by atoms with E-state index in [2.05, 4.69) is 37.9 Å². The summed E-state index contributed by atoms with van der Waals surface area (Å²) in [7, 11) is 0. The van der Waals surface area contributed by atoms with Crippen LogP contribution in [0.1, 0.15) is 59.8 Å². The Labute approximate surface area is 119 Å². The van der Waals surface area contributed by atoms with Crippen LogP contribution in [0.3, 0.4) is 0 Å². The van der Waals surface area contributed by atoms with Crippen molar-refractivity contribution >= 4 is 0 Å². The molecule has 0 bridgehead atoms. The van der Waals surface area contributed by atoms with Gasteiger partial charge in [0.2, 0.25) is 0 Å². The maximum atomic E-state index is 6.21. The first kappa shape index (κ1) is 15.3. The maximum Gasteiger partial charge on any atom is 0.0707 e. The molecule has 19 heavy (non-hydrogen) atoms. The molecule has 0 radical (unpaired) electrons. The molecule has 2 saturated heterocycles. The SMILES string of the molecule is CCC1CCCN1CC1CCC(CNC(C)(C)C)O1. The van der Waals surface area contributed by atoms with E-state index in [4.69, 9.17) is 4.74 Å². The summed E-state index contributed by atoms with van der Waals surface area (Å²) in [5.74, 6) is 0. The van der Waals surface area contributed by atoms with E-state index in [9.17, 15) is 0 Å². The van der Waals surface area contributed by atoms with Crippen molar-refractivity contribution in [1.82, 2.24) is 10.2 Å². The number of rotatable bonds is 5. The van der Waals surface area contributed by atoms with Crippen molar-refractivity contribution in [2.45, 2.75) is 83.6 Å². The first-order chi connectivity index (χ1) is 8.98. The Kier molecular flexibility index (Phi) is 5.27. The van der Waals surface area contributed by atoms with Crippen molar-refractivity contribution in [3.63, 3.8) is 0 Å². The Hall–Kier alpha value is -0.120. The molecule has 3 atom stereocenters. The number of likely N-dealkylation sites (tertiary alicyclic amines) is 1. The van der Waals surface area contributed by atoms with Crippen LogP contribution in [0, 0.1) is 0 Å². The first-order valence-electron chi connectivity index (χ1n) is 8.12. The van der Waals surface area contributed by atoms with Crippen molar-refractivity contribution in [3.05, 3.63) is 0 Å². The average Bonchev–Trinajstić information content (AvgIpc) is 2.95. The lowest BCUT2D eigenvalue weighted by Crippen LogP contribution is -2.41. The van der Waals surface area contributed by atoms with Crippen LogP contribution in [-0.2, 0) is 4.74 Å². The van der Waals surface area contributed by atoms with Gasteiger partial charge in [-0.15, -0.1) is 0 Å². The van der Waals surface area contributed by atoms with Gasteiger partial charge in [0.25, 0.3) is 0 Å². The van der Waals surface area contributed by atoms with Crippen LogP contribution in [-0.4, -0.2) is 48.3 Å². The molecule has 3 heteroatoms. The zero-order valence-electron chi connectivity index (χ0n) is 13.2. The topological polar surface area (TPSA) is 24.5 Å². The third kappa shape index (κ3) is 4.73. The molecule has 112 valence electrons. The number of ether oxygens (including phenoxy) is 1. The molecule has 2 aliphatic heterocycles. The van der Waals surface area contributed by atoms with E-state index in [-0.39, 0.29) is 5.54 Å². The molecule has 0 saturated carbocycles. The van der Waals surface area contributed by atoms with Gasteiger partial charge < -0.3 is 10.1 Å². The Balaban J connectivity index is 1.70. The van der Waals surface area contributed by atoms with E-state index in [1.807, 2.05) is 0 Å². The van der Waals surface area contributed by atoms with Gasteiger partial charge in [0.1, 0.15) is 0 Å². The lowest BCUT2D eigenvalue weighted by molar-refractivity contribution is 0.0183. The van der Waals surface area contributed by atoms with E-state index in [0.29, 0.717) is 12.2 Å². The largest absolute Gasteiger partial charge is 0.372 e. The molecule has 2 fully saturated rings. The second kappa shape index (κ2) is 6.55. The van der Waals surface area contributed by atoms with Crippen molar-refractivity contribution in [2.24, 2.45) is 0 Å². The Morgan fingerprint density at radius 2 is 1.89 bits per heavy atom. The van der Waals surface area contributed by atoms with Crippen molar-refractivity contribution in [1.29, 1.82) is 0 Å². The molecular weight excluding hydrogens is 236 g/mol. The highest BCUT2D eigenvalue weighted by molar-refractivity contribution is 4.84. The third-order valence-corrected chi connectivity index (χ3v) is 4.46. The monoisotopic (exact) mass is 268 g/mol. The van der Waals surface area contributed by atoms with E-state index < -0.39 is 0 Å². The first-order valence-corrected chi connectivity index (χ1v) is 8.12. The Morgan fingerprint density at radius 3 is 2.58 bits per heavy atom. The van der Waals surface area contributed by atoms with E-state index >= 15 is 0 Å².